The van der Waals surface area contributed by atoms with E-state index in [4.69, 9.17) is 0 Å². The zero-order valence-corrected chi connectivity index (χ0v) is 12.9. The van der Waals surface area contributed by atoms with Crippen molar-refractivity contribution in [2.75, 3.05) is 11.1 Å². The minimum absolute atomic E-state index is 0.818. The fourth-order valence-electron chi connectivity index (χ4n) is 2.47. The number of fused-ring (bicyclic) bond motifs is 1. The highest BCUT2D eigenvalue weighted by atomic mass is 79.9. The molecule has 0 radical (unpaired) electrons. The summed E-state index contributed by atoms with van der Waals surface area (Å²) in [6.07, 6.45) is 6.56. The maximum Gasteiger partial charge on any atom is 0.00749 e. The van der Waals surface area contributed by atoms with Crippen molar-refractivity contribution in [2.45, 2.75) is 43.9 Å². The Balaban J connectivity index is 1.90. The first-order valence-corrected chi connectivity index (χ1v) is 8.74. The molecule has 0 saturated carbocycles. The van der Waals surface area contributed by atoms with Crippen LogP contribution in [0, 0.1) is 5.92 Å². The molecule has 0 spiro atoms. The number of aryl methyl sites for hydroxylation is 2. The molecule has 17 heavy (non-hydrogen) atoms. The molecule has 0 fully saturated rings. The monoisotopic (exact) mass is 312 g/mol. The zero-order valence-electron chi connectivity index (χ0n) is 10.5. The summed E-state index contributed by atoms with van der Waals surface area (Å²) in [7, 11) is 0. The van der Waals surface area contributed by atoms with Gasteiger partial charge >= 0.3 is 0 Å². The summed E-state index contributed by atoms with van der Waals surface area (Å²) in [6, 6.07) is 7.07. The molecule has 0 heterocycles. The minimum Gasteiger partial charge on any atom is -0.126 e. The lowest BCUT2D eigenvalue weighted by Gasteiger charge is -2.12. The van der Waals surface area contributed by atoms with E-state index in [9.17, 15) is 0 Å². The van der Waals surface area contributed by atoms with E-state index < -0.39 is 0 Å². The average Bonchev–Trinajstić information content (AvgIpc) is 2.81. The molecular formula is C15H21BrS. The van der Waals surface area contributed by atoms with Crippen molar-refractivity contribution in [3.05, 3.63) is 29.3 Å². The van der Waals surface area contributed by atoms with Gasteiger partial charge in [-0.1, -0.05) is 35.3 Å². The van der Waals surface area contributed by atoms with Crippen molar-refractivity contribution in [1.82, 2.24) is 0 Å². The molecule has 1 unspecified atom stereocenters. The summed E-state index contributed by atoms with van der Waals surface area (Å²) in [4.78, 5) is 1.47. The Bertz CT molecular complexity index is 362. The molecule has 0 aliphatic heterocycles. The first kappa shape index (κ1) is 13.5. The number of hydrogen-bond acceptors (Lipinski definition) is 1. The van der Waals surface area contributed by atoms with Crippen molar-refractivity contribution < 1.29 is 0 Å². The standard InChI is InChI=1S/C15H21BrS/c1-2-4-12(10-16)11-17-15-8-7-13-5-3-6-14(13)9-15/h7-9,12H,2-6,10-11H2,1H3. The van der Waals surface area contributed by atoms with E-state index in [2.05, 4.69) is 41.1 Å². The third-order valence-corrected chi connectivity index (χ3v) is 5.61. The van der Waals surface area contributed by atoms with Crippen LogP contribution >= 0.6 is 27.7 Å². The van der Waals surface area contributed by atoms with Crippen LogP contribution in [0.1, 0.15) is 37.3 Å². The molecule has 0 amide bonds. The van der Waals surface area contributed by atoms with E-state index in [-0.39, 0.29) is 0 Å². The SMILES string of the molecule is CCCC(CBr)CSc1ccc2c(c1)CCC2. The summed E-state index contributed by atoms with van der Waals surface area (Å²) in [5.41, 5.74) is 3.18. The number of alkyl halides is 1. The number of benzene rings is 1. The van der Waals surface area contributed by atoms with Crippen molar-refractivity contribution >= 4 is 27.7 Å². The molecule has 1 aliphatic rings. The van der Waals surface area contributed by atoms with Gasteiger partial charge in [0.2, 0.25) is 0 Å². The second-order valence-electron chi connectivity index (χ2n) is 4.90. The van der Waals surface area contributed by atoms with E-state index >= 15 is 0 Å². The van der Waals surface area contributed by atoms with Gasteiger partial charge in [0.25, 0.3) is 0 Å². The van der Waals surface area contributed by atoms with Crippen LogP contribution in [0.3, 0.4) is 0 Å². The Kier molecular flexibility index (Phi) is 5.43. The lowest BCUT2D eigenvalue weighted by Crippen LogP contribution is -2.04. The summed E-state index contributed by atoms with van der Waals surface area (Å²) in [6.45, 7) is 2.27. The largest absolute Gasteiger partial charge is 0.126 e. The van der Waals surface area contributed by atoms with E-state index in [1.165, 1.54) is 42.8 Å². The van der Waals surface area contributed by atoms with E-state index in [0.717, 1.165) is 11.2 Å². The Morgan fingerprint density at radius 1 is 1.29 bits per heavy atom. The van der Waals surface area contributed by atoms with Crippen molar-refractivity contribution in [3.63, 3.8) is 0 Å². The Hall–Kier alpha value is 0.0500. The lowest BCUT2D eigenvalue weighted by molar-refractivity contribution is 0.597. The van der Waals surface area contributed by atoms with Gasteiger partial charge in [-0.05, 0) is 54.9 Å². The Morgan fingerprint density at radius 3 is 2.88 bits per heavy atom. The average molecular weight is 313 g/mol. The van der Waals surface area contributed by atoms with Crippen molar-refractivity contribution in [2.24, 2.45) is 5.92 Å². The van der Waals surface area contributed by atoms with E-state index in [1.54, 1.807) is 11.1 Å². The predicted molar refractivity (Wildman–Crippen MR) is 81.4 cm³/mol. The maximum absolute atomic E-state index is 3.63. The van der Waals surface area contributed by atoms with Crippen LogP contribution in [0.25, 0.3) is 0 Å². The fourth-order valence-corrected chi connectivity index (χ4v) is 4.42. The number of thioether (sulfide) groups is 1. The van der Waals surface area contributed by atoms with Gasteiger partial charge in [0.15, 0.2) is 0 Å². The van der Waals surface area contributed by atoms with Crippen LogP contribution in [-0.4, -0.2) is 11.1 Å². The quantitative estimate of drug-likeness (QED) is 0.521. The Morgan fingerprint density at radius 2 is 2.12 bits per heavy atom. The smallest absolute Gasteiger partial charge is 0.00749 e. The van der Waals surface area contributed by atoms with Crippen molar-refractivity contribution in [1.29, 1.82) is 0 Å². The second-order valence-corrected chi connectivity index (χ2v) is 6.64. The minimum atomic E-state index is 0.818. The molecular weight excluding hydrogens is 292 g/mol. The third-order valence-electron chi connectivity index (χ3n) is 3.47. The van der Waals surface area contributed by atoms with Gasteiger partial charge in [-0.25, -0.2) is 0 Å². The molecule has 0 aromatic heterocycles. The molecule has 1 atom stereocenters. The lowest BCUT2D eigenvalue weighted by atomic mass is 10.1. The highest BCUT2D eigenvalue weighted by molar-refractivity contribution is 9.09. The third kappa shape index (κ3) is 3.75. The van der Waals surface area contributed by atoms with Gasteiger partial charge in [0.05, 0.1) is 0 Å². The summed E-state index contributed by atoms with van der Waals surface area (Å²) < 4.78 is 0. The highest BCUT2D eigenvalue weighted by Gasteiger charge is 2.12. The fraction of sp³-hybridized carbons (Fsp3) is 0.600. The molecule has 0 saturated heterocycles. The topological polar surface area (TPSA) is 0 Å². The highest BCUT2D eigenvalue weighted by Crippen LogP contribution is 2.29. The molecule has 1 aromatic rings. The molecule has 0 nitrogen and oxygen atoms in total. The van der Waals surface area contributed by atoms with Crippen LogP contribution < -0.4 is 0 Å². The molecule has 1 aromatic carbocycles. The predicted octanol–water partition coefficient (Wildman–Crippen LogP) is 5.08. The molecule has 0 bridgehead atoms. The summed E-state index contributed by atoms with van der Waals surface area (Å²) in [5.74, 6) is 2.07. The van der Waals surface area contributed by atoms with Crippen LogP contribution in [0.5, 0.6) is 0 Å². The van der Waals surface area contributed by atoms with Gasteiger partial charge in [0.1, 0.15) is 0 Å². The first-order valence-electron chi connectivity index (χ1n) is 6.64. The Labute approximate surface area is 118 Å². The van der Waals surface area contributed by atoms with Gasteiger partial charge in [-0.3, -0.25) is 0 Å². The van der Waals surface area contributed by atoms with Crippen LogP contribution in [0.2, 0.25) is 0 Å². The summed E-state index contributed by atoms with van der Waals surface area (Å²) >= 11 is 5.66. The first-order chi connectivity index (χ1) is 8.33. The molecule has 0 N–H and O–H groups in total. The van der Waals surface area contributed by atoms with Crippen LogP contribution in [-0.2, 0) is 12.8 Å². The maximum atomic E-state index is 3.63. The van der Waals surface area contributed by atoms with E-state index in [1.807, 2.05) is 11.8 Å². The second kappa shape index (κ2) is 6.84. The number of hydrogen-bond donors (Lipinski definition) is 0. The van der Waals surface area contributed by atoms with Crippen LogP contribution in [0.15, 0.2) is 23.1 Å². The number of rotatable bonds is 6. The van der Waals surface area contributed by atoms with Gasteiger partial charge < -0.3 is 0 Å². The van der Waals surface area contributed by atoms with Crippen LogP contribution in [0.4, 0.5) is 0 Å². The van der Waals surface area contributed by atoms with E-state index in [0.29, 0.717) is 0 Å². The number of halogens is 1. The molecule has 2 rings (SSSR count). The summed E-state index contributed by atoms with van der Waals surface area (Å²) in [5, 5.41) is 1.14. The molecule has 2 heteroatoms. The normalized spacial score (nSPS) is 15.9. The van der Waals surface area contributed by atoms with Crippen molar-refractivity contribution in [3.8, 4) is 0 Å². The molecule has 1 aliphatic carbocycles. The zero-order chi connectivity index (χ0) is 12.1. The molecule has 94 valence electrons. The van der Waals surface area contributed by atoms with Gasteiger partial charge in [-0.15, -0.1) is 11.8 Å². The van der Waals surface area contributed by atoms with Gasteiger partial charge in [0, 0.05) is 16.0 Å². The van der Waals surface area contributed by atoms with Gasteiger partial charge in [-0.2, -0.15) is 0 Å².